The van der Waals surface area contributed by atoms with Crippen LogP contribution < -0.4 is 0 Å². The van der Waals surface area contributed by atoms with Crippen LogP contribution in [0.15, 0.2) is 51.8 Å². The van der Waals surface area contributed by atoms with Crippen LogP contribution >= 0.6 is 0 Å². The van der Waals surface area contributed by atoms with Crippen LogP contribution in [0.2, 0.25) is 0 Å². The number of allylic oxidation sites excluding steroid dienone is 3. The Bertz CT molecular complexity index is 444. The molecule has 0 saturated heterocycles. The van der Waals surface area contributed by atoms with Crippen LogP contribution in [0.25, 0.3) is 0 Å². The summed E-state index contributed by atoms with van der Waals surface area (Å²) in [6, 6.07) is 0. The van der Waals surface area contributed by atoms with Crippen molar-refractivity contribution in [2.24, 2.45) is 15.0 Å². The van der Waals surface area contributed by atoms with Crippen LogP contribution in [-0.4, -0.2) is 41.7 Å². The Balaban J connectivity index is 1.60. The third kappa shape index (κ3) is 3.35. The quantitative estimate of drug-likeness (QED) is 0.717. The predicted octanol–water partition coefficient (Wildman–Crippen LogP) is 2.36. The highest BCUT2D eigenvalue weighted by Gasteiger charge is 2.16. The molecule has 0 aromatic rings. The first-order valence-corrected chi connectivity index (χ1v) is 6.74. The summed E-state index contributed by atoms with van der Waals surface area (Å²) in [6.07, 6.45) is 15.0. The molecule has 0 radical (unpaired) electrons. The summed E-state index contributed by atoms with van der Waals surface area (Å²) in [4.78, 5) is 15.6. The standard InChI is InChI=1S/C15H18N4/c1-4-13(16-7-1)10-19(11-14-5-2-8-17-14)12-15-6-3-9-18-15/h1-3,7-9H,4-6,10-12H2. The van der Waals surface area contributed by atoms with Crippen molar-refractivity contribution in [2.75, 3.05) is 19.6 Å². The number of nitrogens with zero attached hydrogens (tertiary/aromatic N) is 4. The van der Waals surface area contributed by atoms with Gasteiger partial charge in [-0.15, -0.1) is 0 Å². The molecule has 0 bridgehead atoms. The zero-order valence-electron chi connectivity index (χ0n) is 11.0. The second kappa shape index (κ2) is 5.89. The third-order valence-corrected chi connectivity index (χ3v) is 3.37. The molecule has 0 aromatic heterocycles. The van der Waals surface area contributed by atoms with Gasteiger partial charge in [-0.25, -0.2) is 0 Å². The third-order valence-electron chi connectivity index (χ3n) is 3.37. The Kier molecular flexibility index (Phi) is 3.79. The summed E-state index contributed by atoms with van der Waals surface area (Å²) in [5.41, 5.74) is 3.70. The Labute approximate surface area is 113 Å². The Morgan fingerprint density at radius 3 is 1.32 bits per heavy atom. The average Bonchev–Trinajstić information content (AvgIpc) is 3.10. The van der Waals surface area contributed by atoms with Crippen molar-refractivity contribution < 1.29 is 0 Å². The van der Waals surface area contributed by atoms with Crippen LogP contribution in [0.1, 0.15) is 19.3 Å². The smallest absolute Gasteiger partial charge is 0.0379 e. The molecule has 0 aliphatic carbocycles. The van der Waals surface area contributed by atoms with Gasteiger partial charge in [-0.3, -0.25) is 19.9 Å². The van der Waals surface area contributed by atoms with Crippen molar-refractivity contribution in [2.45, 2.75) is 19.3 Å². The maximum absolute atomic E-state index is 4.41. The monoisotopic (exact) mass is 254 g/mol. The molecule has 0 unspecified atom stereocenters. The van der Waals surface area contributed by atoms with E-state index in [1.165, 1.54) is 17.1 Å². The Morgan fingerprint density at radius 2 is 1.05 bits per heavy atom. The van der Waals surface area contributed by atoms with E-state index in [1.807, 2.05) is 18.6 Å². The fourth-order valence-electron chi connectivity index (χ4n) is 2.46. The van der Waals surface area contributed by atoms with Crippen molar-refractivity contribution in [3.05, 3.63) is 36.8 Å². The number of hydrogen-bond acceptors (Lipinski definition) is 4. The minimum atomic E-state index is 0.908. The SMILES string of the molecule is C1=CN=C(CN(CC2=NC=CC2)CC2=NC=CC2)C1. The minimum absolute atomic E-state index is 0.908. The van der Waals surface area contributed by atoms with E-state index < -0.39 is 0 Å². The zero-order chi connectivity index (χ0) is 12.9. The summed E-state index contributed by atoms with van der Waals surface area (Å²) >= 11 is 0. The van der Waals surface area contributed by atoms with E-state index in [9.17, 15) is 0 Å². The van der Waals surface area contributed by atoms with Gasteiger partial charge in [-0.05, 0) is 0 Å². The van der Waals surface area contributed by atoms with Gasteiger partial charge in [-0.1, -0.05) is 18.2 Å². The lowest BCUT2D eigenvalue weighted by molar-refractivity contribution is 0.402. The normalized spacial score (nSPS) is 20.4. The predicted molar refractivity (Wildman–Crippen MR) is 80.0 cm³/mol. The molecule has 98 valence electrons. The Morgan fingerprint density at radius 1 is 0.684 bits per heavy atom. The van der Waals surface area contributed by atoms with Gasteiger partial charge in [-0.2, -0.15) is 0 Å². The summed E-state index contributed by atoms with van der Waals surface area (Å²) in [6.45, 7) is 2.72. The first-order valence-electron chi connectivity index (χ1n) is 6.74. The molecule has 3 rings (SSSR count). The molecule has 0 fully saturated rings. The molecule has 19 heavy (non-hydrogen) atoms. The van der Waals surface area contributed by atoms with Crippen LogP contribution in [0.3, 0.4) is 0 Å². The topological polar surface area (TPSA) is 40.3 Å². The van der Waals surface area contributed by atoms with E-state index in [1.54, 1.807) is 0 Å². The molecule has 0 N–H and O–H groups in total. The highest BCUT2D eigenvalue weighted by molar-refractivity contribution is 5.95. The fourth-order valence-corrected chi connectivity index (χ4v) is 2.46. The van der Waals surface area contributed by atoms with Gasteiger partial charge < -0.3 is 0 Å². The molecule has 0 aromatic carbocycles. The lowest BCUT2D eigenvalue weighted by Gasteiger charge is -2.22. The van der Waals surface area contributed by atoms with E-state index in [4.69, 9.17) is 0 Å². The van der Waals surface area contributed by atoms with Crippen molar-refractivity contribution in [1.29, 1.82) is 0 Å². The first kappa shape index (κ1) is 12.2. The van der Waals surface area contributed by atoms with Crippen molar-refractivity contribution in [3.8, 4) is 0 Å². The van der Waals surface area contributed by atoms with Gasteiger partial charge in [0.15, 0.2) is 0 Å². The minimum Gasteiger partial charge on any atom is -0.287 e. The summed E-state index contributed by atoms with van der Waals surface area (Å²) in [7, 11) is 0. The molecule has 0 spiro atoms. The molecule has 0 amide bonds. The molecular formula is C15H18N4. The van der Waals surface area contributed by atoms with Crippen molar-refractivity contribution in [1.82, 2.24) is 4.90 Å². The highest BCUT2D eigenvalue weighted by Crippen LogP contribution is 2.09. The fraction of sp³-hybridized carbons (Fsp3) is 0.400. The molecular weight excluding hydrogens is 236 g/mol. The van der Waals surface area contributed by atoms with E-state index in [-0.39, 0.29) is 0 Å². The van der Waals surface area contributed by atoms with Crippen LogP contribution in [-0.2, 0) is 0 Å². The zero-order valence-corrected chi connectivity index (χ0v) is 11.0. The van der Waals surface area contributed by atoms with Crippen LogP contribution in [0, 0.1) is 0 Å². The summed E-state index contributed by atoms with van der Waals surface area (Å²) in [5.74, 6) is 0. The van der Waals surface area contributed by atoms with Gasteiger partial charge in [0.25, 0.3) is 0 Å². The van der Waals surface area contributed by atoms with Gasteiger partial charge in [0, 0.05) is 74.6 Å². The number of aliphatic imine (C=N–C) groups is 3. The molecule has 4 heteroatoms. The van der Waals surface area contributed by atoms with Crippen LogP contribution in [0.4, 0.5) is 0 Å². The lowest BCUT2D eigenvalue weighted by Crippen LogP contribution is -2.37. The van der Waals surface area contributed by atoms with E-state index in [0.29, 0.717) is 0 Å². The Hall–Kier alpha value is -1.81. The van der Waals surface area contributed by atoms with Gasteiger partial charge in [0.05, 0.1) is 0 Å². The van der Waals surface area contributed by atoms with Crippen molar-refractivity contribution in [3.63, 3.8) is 0 Å². The maximum atomic E-state index is 4.41. The summed E-state index contributed by atoms with van der Waals surface area (Å²) in [5, 5.41) is 0. The summed E-state index contributed by atoms with van der Waals surface area (Å²) < 4.78 is 0. The van der Waals surface area contributed by atoms with E-state index >= 15 is 0 Å². The largest absolute Gasteiger partial charge is 0.287 e. The lowest BCUT2D eigenvalue weighted by atomic mass is 10.2. The second-order valence-corrected chi connectivity index (χ2v) is 5.00. The van der Waals surface area contributed by atoms with Gasteiger partial charge in [0.2, 0.25) is 0 Å². The average molecular weight is 254 g/mol. The van der Waals surface area contributed by atoms with Crippen LogP contribution in [0.5, 0.6) is 0 Å². The van der Waals surface area contributed by atoms with E-state index in [0.717, 1.165) is 38.9 Å². The number of hydrogen-bond donors (Lipinski definition) is 0. The van der Waals surface area contributed by atoms with E-state index in [2.05, 4.69) is 38.1 Å². The number of rotatable bonds is 6. The van der Waals surface area contributed by atoms with Gasteiger partial charge in [0.1, 0.15) is 0 Å². The molecule has 0 saturated carbocycles. The second-order valence-electron chi connectivity index (χ2n) is 5.00. The van der Waals surface area contributed by atoms with Gasteiger partial charge >= 0.3 is 0 Å². The maximum Gasteiger partial charge on any atom is 0.0379 e. The molecule has 4 nitrogen and oxygen atoms in total. The van der Waals surface area contributed by atoms with Crippen molar-refractivity contribution >= 4 is 17.1 Å². The first-order chi connectivity index (χ1) is 9.40. The molecule has 3 aliphatic rings. The molecule has 3 aliphatic heterocycles. The molecule has 0 atom stereocenters. The molecule has 3 heterocycles. The highest BCUT2D eigenvalue weighted by atomic mass is 15.1.